The zero-order valence-corrected chi connectivity index (χ0v) is 22.8. The standard InChI is InChI=1S/C32H20N2O4S2/c35-26-16-8-2-3-9-17(16)27(36)24(26)33-22-14-20-30(39-22)31-21(32(20)12-6-1-7-13-32)15-23(40-31)34-25-28(37)18-10-4-5-11-19(18)29(25)38/h2-5,8-11,14-15H,1,6-7,12-13H2. The Labute approximate surface area is 234 Å². The minimum absolute atomic E-state index is 0.0323. The van der Waals surface area contributed by atoms with E-state index in [-0.39, 0.29) is 37.8 Å². The van der Waals surface area contributed by atoms with Gasteiger partial charge in [0.25, 0.3) is 0 Å². The maximum absolute atomic E-state index is 13.0. The SMILES string of the molecule is O=c1c(=Nc2cc3c(s2)-c2sc(N=c4c(=O)c5ccccc5c4=O)cc2C32CCCCC2)c(=O)c2ccccc12. The summed E-state index contributed by atoms with van der Waals surface area (Å²) in [6.07, 6.45) is 5.33. The molecule has 2 aliphatic rings. The molecule has 0 N–H and O–H groups in total. The van der Waals surface area contributed by atoms with Crippen molar-refractivity contribution in [3.8, 4) is 9.75 Å². The Morgan fingerprint density at radius 1 is 0.550 bits per heavy atom. The normalized spacial score (nSPS) is 15.6. The lowest BCUT2D eigenvalue weighted by molar-refractivity contribution is 0.353. The van der Waals surface area contributed by atoms with Gasteiger partial charge in [0.1, 0.15) is 10.0 Å². The number of rotatable bonds is 2. The minimum atomic E-state index is -0.330. The van der Waals surface area contributed by atoms with E-state index in [0.717, 1.165) is 35.4 Å². The van der Waals surface area contributed by atoms with E-state index in [0.29, 0.717) is 31.5 Å². The molecule has 6 nitrogen and oxygen atoms in total. The zero-order valence-electron chi connectivity index (χ0n) is 21.2. The highest BCUT2D eigenvalue weighted by atomic mass is 32.1. The van der Waals surface area contributed by atoms with Crippen LogP contribution in [0.5, 0.6) is 0 Å². The van der Waals surface area contributed by atoms with Gasteiger partial charge in [0.2, 0.25) is 21.7 Å². The molecule has 2 aliphatic carbocycles. The Hall–Kier alpha value is -4.14. The topological polar surface area (TPSA) is 93.0 Å². The van der Waals surface area contributed by atoms with Gasteiger partial charge >= 0.3 is 0 Å². The minimum Gasteiger partial charge on any atom is -0.287 e. The van der Waals surface area contributed by atoms with E-state index in [1.54, 1.807) is 48.5 Å². The van der Waals surface area contributed by atoms with Gasteiger partial charge in [0, 0.05) is 27.0 Å². The maximum Gasteiger partial charge on any atom is 0.216 e. The molecule has 4 aromatic carbocycles. The summed E-state index contributed by atoms with van der Waals surface area (Å²) < 4.78 is 0. The van der Waals surface area contributed by atoms with Gasteiger partial charge in [0.15, 0.2) is 10.7 Å². The second-order valence-electron chi connectivity index (χ2n) is 10.6. The van der Waals surface area contributed by atoms with Gasteiger partial charge in [-0.1, -0.05) is 67.8 Å². The van der Waals surface area contributed by atoms with Gasteiger partial charge in [-0.2, -0.15) is 0 Å². The van der Waals surface area contributed by atoms with Crippen LogP contribution in [0.2, 0.25) is 0 Å². The Kier molecular flexibility index (Phi) is 5.00. The summed E-state index contributed by atoms with van der Waals surface area (Å²) in [7, 11) is 0. The van der Waals surface area contributed by atoms with Crippen molar-refractivity contribution >= 4 is 54.2 Å². The summed E-state index contributed by atoms with van der Waals surface area (Å²) in [5.41, 5.74) is 0.894. The first-order valence-electron chi connectivity index (χ1n) is 13.3. The molecule has 1 saturated carbocycles. The fourth-order valence-corrected chi connectivity index (χ4v) is 9.08. The maximum atomic E-state index is 13.0. The van der Waals surface area contributed by atoms with Gasteiger partial charge in [-0.05, 0) is 36.1 Å². The van der Waals surface area contributed by atoms with Gasteiger partial charge in [-0.15, -0.1) is 22.7 Å². The van der Waals surface area contributed by atoms with E-state index >= 15 is 0 Å². The molecular weight excluding hydrogens is 540 g/mol. The van der Waals surface area contributed by atoms with Crippen molar-refractivity contribution < 1.29 is 0 Å². The van der Waals surface area contributed by atoms with Crippen LogP contribution in [0.3, 0.4) is 0 Å². The summed E-state index contributed by atoms with van der Waals surface area (Å²) in [6, 6.07) is 17.8. The molecule has 194 valence electrons. The summed E-state index contributed by atoms with van der Waals surface area (Å²) >= 11 is 2.97. The average molecular weight is 561 g/mol. The number of nitrogens with zero attached hydrogens (tertiary/aromatic N) is 2. The van der Waals surface area contributed by atoms with Crippen LogP contribution < -0.4 is 32.4 Å². The van der Waals surface area contributed by atoms with Gasteiger partial charge in [-0.3, -0.25) is 19.2 Å². The molecule has 8 heteroatoms. The lowest BCUT2D eigenvalue weighted by atomic mass is 9.68. The van der Waals surface area contributed by atoms with E-state index in [2.05, 4.69) is 22.1 Å². The molecule has 1 fully saturated rings. The first-order valence-corrected chi connectivity index (χ1v) is 14.9. The summed E-state index contributed by atoms with van der Waals surface area (Å²) in [4.78, 5) is 63.2. The van der Waals surface area contributed by atoms with E-state index in [1.807, 2.05) is 0 Å². The third kappa shape index (κ3) is 3.14. The molecule has 40 heavy (non-hydrogen) atoms. The van der Waals surface area contributed by atoms with Gasteiger partial charge in [-0.25, -0.2) is 9.98 Å². The molecule has 0 amide bonds. The third-order valence-corrected chi connectivity index (χ3v) is 10.7. The highest BCUT2D eigenvalue weighted by molar-refractivity contribution is 7.26. The largest absolute Gasteiger partial charge is 0.287 e. The van der Waals surface area contributed by atoms with E-state index in [1.165, 1.54) is 40.2 Å². The zero-order chi connectivity index (χ0) is 27.2. The van der Waals surface area contributed by atoms with E-state index < -0.39 is 0 Å². The number of thiophene rings is 2. The summed E-state index contributed by atoms with van der Waals surface area (Å²) in [6.45, 7) is 0. The molecule has 6 aromatic rings. The van der Waals surface area contributed by atoms with Crippen LogP contribution in [0.1, 0.15) is 43.2 Å². The van der Waals surface area contributed by atoms with Crippen LogP contribution in [0, 0.1) is 0 Å². The quantitative estimate of drug-likeness (QED) is 0.298. The van der Waals surface area contributed by atoms with Crippen molar-refractivity contribution in [1.29, 1.82) is 0 Å². The average Bonchev–Trinajstić information content (AvgIpc) is 3.75. The fraction of sp³-hybridized carbons (Fsp3) is 0.188. The second-order valence-corrected chi connectivity index (χ2v) is 12.7. The Balaban J connectivity index is 1.32. The van der Waals surface area contributed by atoms with Crippen LogP contribution in [-0.4, -0.2) is 0 Å². The van der Waals surface area contributed by atoms with E-state index in [9.17, 15) is 19.2 Å². The van der Waals surface area contributed by atoms with Crippen LogP contribution in [0.15, 0.2) is 89.8 Å². The van der Waals surface area contributed by atoms with Crippen molar-refractivity contribution in [2.75, 3.05) is 0 Å². The van der Waals surface area contributed by atoms with Crippen LogP contribution in [0.4, 0.5) is 10.0 Å². The Morgan fingerprint density at radius 3 is 1.30 bits per heavy atom. The van der Waals surface area contributed by atoms with Crippen LogP contribution in [-0.2, 0) is 5.41 Å². The van der Waals surface area contributed by atoms with Gasteiger partial charge in [0.05, 0.1) is 9.75 Å². The van der Waals surface area contributed by atoms with Crippen LogP contribution in [0.25, 0.3) is 31.3 Å². The molecule has 0 radical (unpaired) electrons. The Bertz CT molecular complexity index is 2090. The van der Waals surface area contributed by atoms with Crippen LogP contribution >= 0.6 is 22.7 Å². The summed E-state index contributed by atoms with van der Waals surface area (Å²) in [5.74, 6) is 0. The Morgan fingerprint density at radius 2 is 0.925 bits per heavy atom. The first kappa shape index (κ1) is 23.7. The van der Waals surface area contributed by atoms with Gasteiger partial charge < -0.3 is 0 Å². The molecule has 0 saturated heterocycles. The smallest absolute Gasteiger partial charge is 0.216 e. The molecule has 8 rings (SSSR count). The lowest BCUT2D eigenvalue weighted by Gasteiger charge is -2.34. The fourth-order valence-electron chi connectivity index (χ4n) is 6.65. The molecule has 2 heterocycles. The van der Waals surface area contributed by atoms with Crippen molar-refractivity contribution in [2.45, 2.75) is 37.5 Å². The molecule has 0 atom stereocenters. The number of benzene rings is 2. The molecule has 0 unspecified atom stereocenters. The molecular formula is C32H20N2O4S2. The molecule has 1 spiro atoms. The monoisotopic (exact) mass is 560 g/mol. The summed E-state index contributed by atoms with van der Waals surface area (Å²) in [5, 5.41) is 2.84. The first-order chi connectivity index (χ1) is 19.5. The molecule has 0 aliphatic heterocycles. The molecule has 0 bridgehead atoms. The van der Waals surface area contributed by atoms with Crippen molar-refractivity contribution in [1.82, 2.24) is 0 Å². The second kappa shape index (κ2) is 8.43. The molecule has 2 aromatic heterocycles. The highest BCUT2D eigenvalue weighted by Crippen LogP contribution is 2.62. The van der Waals surface area contributed by atoms with Crippen molar-refractivity contribution in [3.63, 3.8) is 0 Å². The third-order valence-electron chi connectivity index (χ3n) is 8.52. The number of hydrogen-bond acceptors (Lipinski definition) is 8. The predicted molar refractivity (Wildman–Crippen MR) is 160 cm³/mol. The van der Waals surface area contributed by atoms with E-state index in [4.69, 9.17) is 0 Å². The highest BCUT2D eigenvalue weighted by Gasteiger charge is 2.46. The van der Waals surface area contributed by atoms with Crippen molar-refractivity contribution in [2.24, 2.45) is 9.98 Å². The number of hydrogen-bond donors (Lipinski definition) is 0. The predicted octanol–water partition coefficient (Wildman–Crippen LogP) is 5.00. The lowest BCUT2D eigenvalue weighted by Crippen LogP contribution is -2.31. The number of fused-ring (bicyclic) bond motifs is 7. The van der Waals surface area contributed by atoms with Crippen molar-refractivity contribution in [3.05, 3.63) is 123 Å².